The lowest BCUT2D eigenvalue weighted by Gasteiger charge is -2.18. The molecule has 0 bridgehead atoms. The number of halogens is 2. The Morgan fingerprint density at radius 1 is 1.19 bits per heavy atom. The number of nitrogens with one attached hydrogen (secondary N) is 2. The molecule has 2 N–H and O–H groups in total. The fraction of sp³-hybridized carbons (Fsp3) is 0.263. The summed E-state index contributed by atoms with van der Waals surface area (Å²) in [4.78, 5) is 2.32. The molecular formula is C19H18ClFN6. The fourth-order valence-corrected chi connectivity index (χ4v) is 4.07. The lowest BCUT2D eigenvalue weighted by molar-refractivity contribution is 0.633. The molecule has 0 spiro atoms. The molecule has 1 aliphatic rings. The smallest absolute Gasteiger partial charge is 0.161 e. The molecular weight excluding hydrogens is 367 g/mol. The van der Waals surface area contributed by atoms with Crippen LogP contribution in [0.4, 0.5) is 21.6 Å². The van der Waals surface area contributed by atoms with Gasteiger partial charge < -0.3 is 10.2 Å². The summed E-state index contributed by atoms with van der Waals surface area (Å²) in [6.45, 7) is 2.09. The number of aromatic nitrogens is 4. The summed E-state index contributed by atoms with van der Waals surface area (Å²) in [7, 11) is 1.77. The molecule has 2 aromatic carbocycles. The Hall–Kier alpha value is -2.80. The van der Waals surface area contributed by atoms with Gasteiger partial charge >= 0.3 is 0 Å². The van der Waals surface area contributed by atoms with E-state index in [-0.39, 0.29) is 5.82 Å². The fourth-order valence-electron chi connectivity index (χ4n) is 3.76. The highest BCUT2D eigenvalue weighted by molar-refractivity contribution is 6.36. The molecule has 0 aliphatic carbocycles. The summed E-state index contributed by atoms with van der Waals surface area (Å²) in [6.07, 6.45) is 4.18. The highest BCUT2D eigenvalue weighted by Gasteiger charge is 2.17. The number of H-pyrrole nitrogens is 1. The average molecular weight is 385 g/mol. The molecule has 138 valence electrons. The van der Waals surface area contributed by atoms with Crippen LogP contribution in [0.3, 0.4) is 0 Å². The summed E-state index contributed by atoms with van der Waals surface area (Å²) >= 11 is 6.57. The van der Waals surface area contributed by atoms with Gasteiger partial charge in [0.2, 0.25) is 0 Å². The van der Waals surface area contributed by atoms with Gasteiger partial charge in [-0.1, -0.05) is 11.6 Å². The van der Waals surface area contributed by atoms with Gasteiger partial charge in [0.05, 0.1) is 15.9 Å². The zero-order valence-electron chi connectivity index (χ0n) is 14.8. The van der Waals surface area contributed by atoms with Gasteiger partial charge in [-0.25, -0.2) is 4.39 Å². The lowest BCUT2D eigenvalue weighted by Crippen LogP contribution is -2.17. The number of anilines is 3. The van der Waals surface area contributed by atoms with E-state index in [4.69, 9.17) is 11.6 Å². The van der Waals surface area contributed by atoms with Crippen LogP contribution in [0.2, 0.25) is 5.02 Å². The number of aromatic amines is 1. The molecule has 27 heavy (non-hydrogen) atoms. The zero-order chi connectivity index (χ0) is 18.5. The third kappa shape index (κ3) is 2.78. The molecule has 4 aromatic rings. The van der Waals surface area contributed by atoms with Gasteiger partial charge in [0.25, 0.3) is 0 Å². The van der Waals surface area contributed by atoms with Gasteiger partial charge in [0.15, 0.2) is 11.6 Å². The standard InChI is InChI=1S/C19H18ClFN6/c1-26-10-11-6-12(7-15(21)18(11)25-26)22-19-17-14(20)8-13(9-16(17)23-24-19)27-4-2-3-5-27/h6-10H,2-5H2,1H3,(H2,22,23,24). The number of rotatable bonds is 3. The zero-order valence-corrected chi connectivity index (χ0v) is 15.5. The minimum Gasteiger partial charge on any atom is -0.371 e. The van der Waals surface area contributed by atoms with Crippen LogP contribution < -0.4 is 10.2 Å². The first kappa shape index (κ1) is 16.4. The van der Waals surface area contributed by atoms with Crippen molar-refractivity contribution in [2.75, 3.05) is 23.3 Å². The summed E-state index contributed by atoms with van der Waals surface area (Å²) in [6, 6.07) is 7.30. The first-order valence-corrected chi connectivity index (χ1v) is 9.29. The number of benzene rings is 2. The van der Waals surface area contributed by atoms with Crippen LogP contribution in [0.1, 0.15) is 12.8 Å². The summed E-state index contributed by atoms with van der Waals surface area (Å²) in [5.41, 5.74) is 2.90. The van der Waals surface area contributed by atoms with Crippen molar-refractivity contribution in [2.24, 2.45) is 7.05 Å². The maximum atomic E-state index is 14.3. The molecule has 0 atom stereocenters. The van der Waals surface area contributed by atoms with E-state index in [2.05, 4.69) is 31.6 Å². The third-order valence-electron chi connectivity index (χ3n) is 5.01. The Balaban J connectivity index is 1.53. The Bertz CT molecular complexity index is 1160. The summed E-state index contributed by atoms with van der Waals surface area (Å²) in [5, 5.41) is 16.8. The molecule has 0 amide bonds. The van der Waals surface area contributed by atoms with E-state index in [1.54, 1.807) is 17.9 Å². The van der Waals surface area contributed by atoms with E-state index in [0.29, 0.717) is 22.0 Å². The largest absolute Gasteiger partial charge is 0.371 e. The second kappa shape index (κ2) is 6.13. The van der Waals surface area contributed by atoms with Gasteiger partial charge in [0.1, 0.15) is 5.52 Å². The first-order chi connectivity index (χ1) is 13.1. The van der Waals surface area contributed by atoms with Crippen LogP contribution in [0, 0.1) is 5.82 Å². The maximum Gasteiger partial charge on any atom is 0.161 e. The van der Waals surface area contributed by atoms with Gasteiger partial charge in [0, 0.05) is 43.1 Å². The van der Waals surface area contributed by atoms with Crippen LogP contribution in [-0.2, 0) is 7.05 Å². The van der Waals surface area contributed by atoms with Crippen LogP contribution >= 0.6 is 11.6 Å². The summed E-state index contributed by atoms with van der Waals surface area (Å²) < 4.78 is 15.9. The molecule has 0 unspecified atom stereocenters. The van der Waals surface area contributed by atoms with E-state index in [1.807, 2.05) is 12.1 Å². The van der Waals surface area contributed by atoms with Crippen LogP contribution in [0.5, 0.6) is 0 Å². The monoisotopic (exact) mass is 384 g/mol. The number of fused-ring (bicyclic) bond motifs is 2. The maximum absolute atomic E-state index is 14.3. The molecule has 1 aliphatic heterocycles. The highest BCUT2D eigenvalue weighted by Crippen LogP contribution is 2.35. The van der Waals surface area contributed by atoms with Crippen molar-refractivity contribution in [3.05, 3.63) is 41.3 Å². The van der Waals surface area contributed by atoms with Crippen molar-refractivity contribution in [1.29, 1.82) is 0 Å². The average Bonchev–Trinajstić information content (AvgIpc) is 3.34. The van der Waals surface area contributed by atoms with E-state index in [9.17, 15) is 4.39 Å². The van der Waals surface area contributed by atoms with Crippen molar-refractivity contribution in [1.82, 2.24) is 20.0 Å². The van der Waals surface area contributed by atoms with Crippen LogP contribution in [0.25, 0.3) is 21.8 Å². The number of nitrogens with zero attached hydrogens (tertiary/aromatic N) is 4. The minimum absolute atomic E-state index is 0.350. The van der Waals surface area contributed by atoms with Crippen molar-refractivity contribution >= 4 is 50.6 Å². The molecule has 5 rings (SSSR count). The Kier molecular flexibility index (Phi) is 3.72. The molecule has 1 saturated heterocycles. The number of hydrogen-bond acceptors (Lipinski definition) is 4. The van der Waals surface area contributed by atoms with Crippen molar-refractivity contribution in [3.63, 3.8) is 0 Å². The van der Waals surface area contributed by atoms with E-state index in [0.717, 1.165) is 35.1 Å². The van der Waals surface area contributed by atoms with Gasteiger partial charge in [-0.2, -0.15) is 10.2 Å². The van der Waals surface area contributed by atoms with Crippen LogP contribution in [0.15, 0.2) is 30.5 Å². The topological polar surface area (TPSA) is 61.8 Å². The van der Waals surface area contributed by atoms with Crippen LogP contribution in [-0.4, -0.2) is 33.1 Å². The molecule has 2 aromatic heterocycles. The predicted octanol–water partition coefficient (Wildman–Crippen LogP) is 4.59. The van der Waals surface area contributed by atoms with E-state index in [1.165, 1.54) is 18.9 Å². The Morgan fingerprint density at radius 2 is 2.00 bits per heavy atom. The number of hydrogen-bond donors (Lipinski definition) is 2. The lowest BCUT2D eigenvalue weighted by atomic mass is 10.2. The van der Waals surface area contributed by atoms with Gasteiger partial charge in [-0.15, -0.1) is 0 Å². The second-order valence-corrected chi connectivity index (χ2v) is 7.35. The molecule has 0 radical (unpaired) electrons. The number of aryl methyl sites for hydroxylation is 1. The second-order valence-electron chi connectivity index (χ2n) is 6.94. The summed E-state index contributed by atoms with van der Waals surface area (Å²) in [5.74, 6) is 0.198. The Morgan fingerprint density at radius 3 is 2.81 bits per heavy atom. The van der Waals surface area contributed by atoms with Crippen molar-refractivity contribution in [3.8, 4) is 0 Å². The first-order valence-electron chi connectivity index (χ1n) is 8.91. The molecule has 0 saturated carbocycles. The molecule has 8 heteroatoms. The van der Waals surface area contributed by atoms with Gasteiger partial charge in [-0.3, -0.25) is 9.78 Å². The molecule has 6 nitrogen and oxygen atoms in total. The Labute approximate surface area is 159 Å². The molecule has 3 heterocycles. The SMILES string of the molecule is Cn1cc2cc(Nc3n[nH]c4cc(N5CCCC5)cc(Cl)c34)cc(F)c2n1. The van der Waals surface area contributed by atoms with Crippen molar-refractivity contribution < 1.29 is 4.39 Å². The third-order valence-corrected chi connectivity index (χ3v) is 5.31. The quantitative estimate of drug-likeness (QED) is 0.542. The predicted molar refractivity (Wildman–Crippen MR) is 107 cm³/mol. The van der Waals surface area contributed by atoms with E-state index < -0.39 is 0 Å². The minimum atomic E-state index is -0.377. The van der Waals surface area contributed by atoms with Crippen molar-refractivity contribution in [2.45, 2.75) is 12.8 Å². The normalized spacial score (nSPS) is 14.6. The van der Waals surface area contributed by atoms with E-state index >= 15 is 0 Å². The highest BCUT2D eigenvalue weighted by atomic mass is 35.5. The van der Waals surface area contributed by atoms with Gasteiger partial charge in [-0.05, 0) is 37.1 Å². The molecule has 1 fully saturated rings.